The molecule has 0 aliphatic carbocycles. The van der Waals surface area contributed by atoms with Gasteiger partial charge in [-0.15, -0.1) is 0 Å². The Balaban J connectivity index is -0.000000202. The van der Waals surface area contributed by atoms with E-state index in [9.17, 15) is 14.4 Å². The molecule has 3 N–H and O–H groups in total. The van der Waals surface area contributed by atoms with Crippen molar-refractivity contribution in [2.45, 2.75) is 266 Å². The number of unbranched alkanes of at least 4 members (excludes halogenated alkanes) is 30. The molecule has 0 heterocycles. The summed E-state index contributed by atoms with van der Waals surface area (Å²) in [6.45, 7) is 10.7. The first-order valence-corrected chi connectivity index (χ1v) is 22.1. The second-order valence-electron chi connectivity index (χ2n) is 14.6. The van der Waals surface area contributed by atoms with E-state index in [2.05, 4.69) is 20.8 Å². The van der Waals surface area contributed by atoms with Gasteiger partial charge in [0.15, 0.2) is 0 Å². The normalized spacial score (nSPS) is 10.1. The molecule has 0 unspecified atom stereocenters. The monoisotopic (exact) mass is 776 g/mol. The van der Waals surface area contributed by atoms with Gasteiger partial charge in [-0.25, -0.2) is 0 Å². The third kappa shape index (κ3) is 78.3. The first-order chi connectivity index (χ1) is 24.7. The Bertz CT molecular complexity index is 572. The van der Waals surface area contributed by atoms with Crippen molar-refractivity contribution in [3.63, 3.8) is 0 Å². The van der Waals surface area contributed by atoms with Gasteiger partial charge >= 0.3 is 17.9 Å². The quantitative estimate of drug-likeness (QED) is 0.0332. The molecule has 0 aliphatic heterocycles. The number of carbonyl (C=O) groups is 3. The molecule has 312 valence electrons. The molecule has 0 radical (unpaired) electrons. The van der Waals surface area contributed by atoms with E-state index in [1.807, 2.05) is 20.3 Å². The Labute approximate surface area is 340 Å². The summed E-state index contributed by atoms with van der Waals surface area (Å²) in [5.74, 6) is -1.97. The third-order valence-electron chi connectivity index (χ3n) is 8.98. The fourth-order valence-corrected chi connectivity index (χ4v) is 5.82. The van der Waals surface area contributed by atoms with Gasteiger partial charge in [0, 0.05) is 41.0 Å². The molecule has 52 heavy (non-hydrogen) atoms. The summed E-state index contributed by atoms with van der Waals surface area (Å²) in [5, 5.41) is 25.4. The minimum absolute atomic E-state index is 0. The molecule has 0 fully saturated rings. The predicted molar refractivity (Wildman–Crippen MR) is 222 cm³/mol. The molecule has 0 spiro atoms. The molecule has 0 saturated carbocycles. The minimum atomic E-state index is -0.657. The molecular formula is C45H91O6Ti-. The maximum atomic E-state index is 10.3. The van der Waals surface area contributed by atoms with Gasteiger partial charge in [-0.05, 0) is 19.3 Å². The van der Waals surface area contributed by atoms with Gasteiger partial charge in [-0.3, -0.25) is 14.4 Å². The van der Waals surface area contributed by atoms with Gasteiger partial charge in [-0.2, -0.15) is 13.8 Å². The van der Waals surface area contributed by atoms with Crippen LogP contribution in [0.4, 0.5) is 0 Å². The number of carboxylic acid groups (broad SMARTS) is 3. The standard InChI is InChI=1S/3C14H28O2.C3H7.Ti/c3*1-2-3-4-5-6-7-8-9-10-11-12-13-14(15)16;1-3-2;/h3*2-13H2,1H3,(H,15,16);3H,1-2H3;/q;;;-1;. The van der Waals surface area contributed by atoms with Crippen molar-refractivity contribution in [2.24, 2.45) is 0 Å². The van der Waals surface area contributed by atoms with Gasteiger partial charge in [0.1, 0.15) is 0 Å². The molecule has 0 amide bonds. The van der Waals surface area contributed by atoms with Crippen LogP contribution in [0.3, 0.4) is 0 Å². The smallest absolute Gasteiger partial charge is 0.303 e. The van der Waals surface area contributed by atoms with Crippen molar-refractivity contribution in [3.05, 3.63) is 6.42 Å². The van der Waals surface area contributed by atoms with Crippen molar-refractivity contribution >= 4 is 17.9 Å². The summed E-state index contributed by atoms with van der Waals surface area (Å²) < 4.78 is 0. The van der Waals surface area contributed by atoms with Crippen LogP contribution in [-0.4, -0.2) is 33.2 Å². The molecule has 0 aromatic heterocycles. The van der Waals surface area contributed by atoms with Crippen molar-refractivity contribution in [3.8, 4) is 0 Å². The van der Waals surface area contributed by atoms with E-state index in [-0.39, 0.29) is 21.7 Å². The number of hydrogen-bond donors (Lipinski definition) is 3. The van der Waals surface area contributed by atoms with E-state index in [1.165, 1.54) is 173 Å². The Morgan fingerprint density at radius 3 is 0.538 bits per heavy atom. The van der Waals surface area contributed by atoms with E-state index in [4.69, 9.17) is 15.3 Å². The van der Waals surface area contributed by atoms with E-state index in [0.29, 0.717) is 19.3 Å². The first kappa shape index (κ1) is 60.4. The Morgan fingerprint density at radius 1 is 0.308 bits per heavy atom. The fourth-order valence-electron chi connectivity index (χ4n) is 5.82. The molecule has 0 aromatic carbocycles. The molecule has 0 saturated heterocycles. The zero-order valence-electron chi connectivity index (χ0n) is 35.6. The predicted octanol–water partition coefficient (Wildman–Crippen LogP) is 15.5. The van der Waals surface area contributed by atoms with E-state index in [1.54, 1.807) is 0 Å². The van der Waals surface area contributed by atoms with Gasteiger partial charge in [0.05, 0.1) is 0 Å². The van der Waals surface area contributed by atoms with Crippen LogP contribution >= 0.6 is 0 Å². The Kier molecular flexibility index (Phi) is 69.0. The molecule has 0 aromatic rings. The number of carboxylic acids is 3. The summed E-state index contributed by atoms with van der Waals surface area (Å²) in [5.41, 5.74) is 0. The zero-order valence-corrected chi connectivity index (χ0v) is 37.2. The summed E-state index contributed by atoms with van der Waals surface area (Å²) in [7, 11) is 0. The van der Waals surface area contributed by atoms with Crippen molar-refractivity contribution in [1.82, 2.24) is 0 Å². The first-order valence-electron chi connectivity index (χ1n) is 22.1. The number of rotatable bonds is 36. The van der Waals surface area contributed by atoms with Crippen LogP contribution in [0.1, 0.15) is 266 Å². The summed E-state index contributed by atoms with van der Waals surface area (Å²) in [4.78, 5) is 30.8. The van der Waals surface area contributed by atoms with Crippen molar-refractivity contribution < 1.29 is 51.4 Å². The van der Waals surface area contributed by atoms with Crippen LogP contribution in [0.2, 0.25) is 0 Å². The maximum Gasteiger partial charge on any atom is 0.303 e. The topological polar surface area (TPSA) is 112 Å². The van der Waals surface area contributed by atoms with Crippen LogP contribution in [0, 0.1) is 6.42 Å². The molecule has 0 rings (SSSR count). The molecule has 0 bridgehead atoms. The van der Waals surface area contributed by atoms with E-state index in [0.717, 1.165) is 38.5 Å². The summed E-state index contributed by atoms with van der Waals surface area (Å²) in [6.07, 6.45) is 45.1. The van der Waals surface area contributed by atoms with Gasteiger partial charge < -0.3 is 21.7 Å². The van der Waals surface area contributed by atoms with Gasteiger partial charge in [0.25, 0.3) is 0 Å². The average Bonchev–Trinajstić information content (AvgIpc) is 3.09. The van der Waals surface area contributed by atoms with Crippen molar-refractivity contribution in [2.75, 3.05) is 0 Å². The fraction of sp³-hybridized carbons (Fsp3) is 0.911. The van der Waals surface area contributed by atoms with Crippen LogP contribution in [0.5, 0.6) is 0 Å². The molecular weight excluding hydrogens is 684 g/mol. The zero-order chi connectivity index (χ0) is 38.9. The van der Waals surface area contributed by atoms with Gasteiger partial charge in [0.2, 0.25) is 0 Å². The Morgan fingerprint density at radius 2 is 0.423 bits per heavy atom. The van der Waals surface area contributed by atoms with Crippen LogP contribution in [0.25, 0.3) is 0 Å². The number of hydrogen-bond acceptors (Lipinski definition) is 3. The molecule has 6 nitrogen and oxygen atoms in total. The SMILES string of the molecule is CCCCCCCCCCCCCC(=O)O.CCCCCCCCCCCCCC(=O)O.CCCCCCCCCCCCCC(=O)O.C[CH-]C.[Ti]. The second-order valence-corrected chi connectivity index (χ2v) is 14.6. The van der Waals surface area contributed by atoms with Gasteiger partial charge in [-0.1, -0.05) is 213 Å². The van der Waals surface area contributed by atoms with Crippen molar-refractivity contribution in [1.29, 1.82) is 0 Å². The molecule has 0 atom stereocenters. The largest absolute Gasteiger partial charge is 0.481 e. The second kappa shape index (κ2) is 59.4. The number of aliphatic carboxylic acids is 3. The molecule has 7 heteroatoms. The summed E-state index contributed by atoms with van der Waals surface area (Å²) in [6, 6.07) is 0. The van der Waals surface area contributed by atoms with Crippen LogP contribution in [0.15, 0.2) is 0 Å². The minimum Gasteiger partial charge on any atom is -0.481 e. The Hall–Kier alpha value is -0.876. The maximum absolute atomic E-state index is 10.3. The third-order valence-corrected chi connectivity index (χ3v) is 8.98. The van der Waals surface area contributed by atoms with E-state index >= 15 is 0 Å². The summed E-state index contributed by atoms with van der Waals surface area (Å²) >= 11 is 0. The van der Waals surface area contributed by atoms with Crippen LogP contribution < -0.4 is 0 Å². The average molecular weight is 776 g/mol. The van der Waals surface area contributed by atoms with Crippen LogP contribution in [-0.2, 0) is 36.1 Å². The molecule has 0 aliphatic rings. The van der Waals surface area contributed by atoms with E-state index < -0.39 is 17.9 Å².